The summed E-state index contributed by atoms with van der Waals surface area (Å²) in [6.45, 7) is 0. The molecule has 1 aromatic carbocycles. The van der Waals surface area contributed by atoms with Gasteiger partial charge in [0, 0.05) is 4.90 Å². The molecular formula is C13H13NO2S. The van der Waals surface area contributed by atoms with Crippen LogP contribution in [0.25, 0.3) is 0 Å². The number of rotatable bonds is 3. The number of aliphatic carboxylic acids is 1. The zero-order valence-corrected chi connectivity index (χ0v) is 10.2. The molecule has 2 rings (SSSR count). The normalized spacial score (nSPS) is 17.6. The third-order valence-electron chi connectivity index (χ3n) is 3.10. The summed E-state index contributed by atoms with van der Waals surface area (Å²) in [5.41, 5.74) is 0.602. The van der Waals surface area contributed by atoms with Gasteiger partial charge in [-0.1, -0.05) is 12.8 Å². The van der Waals surface area contributed by atoms with Crippen molar-refractivity contribution in [2.24, 2.45) is 0 Å². The minimum atomic E-state index is -0.718. The van der Waals surface area contributed by atoms with E-state index in [1.165, 1.54) is 11.8 Å². The van der Waals surface area contributed by atoms with Crippen molar-refractivity contribution in [3.8, 4) is 6.07 Å². The molecule has 0 unspecified atom stereocenters. The Labute approximate surface area is 104 Å². The van der Waals surface area contributed by atoms with Crippen LogP contribution in [-0.4, -0.2) is 15.8 Å². The molecule has 0 bridgehead atoms. The van der Waals surface area contributed by atoms with Crippen LogP contribution in [0.2, 0.25) is 0 Å². The minimum absolute atomic E-state index is 0.602. The first-order chi connectivity index (χ1) is 8.16. The fourth-order valence-electron chi connectivity index (χ4n) is 2.13. The van der Waals surface area contributed by atoms with Gasteiger partial charge in [0.05, 0.1) is 11.6 Å². The number of carboxylic acids is 1. The van der Waals surface area contributed by atoms with Gasteiger partial charge in [-0.3, -0.25) is 4.79 Å². The van der Waals surface area contributed by atoms with E-state index in [2.05, 4.69) is 6.07 Å². The Kier molecular flexibility index (Phi) is 3.39. The smallest absolute Gasteiger partial charge is 0.320 e. The lowest BCUT2D eigenvalue weighted by atomic mass is 10.1. The number of nitriles is 1. The first kappa shape index (κ1) is 12.0. The topological polar surface area (TPSA) is 61.1 Å². The molecule has 17 heavy (non-hydrogen) atoms. The van der Waals surface area contributed by atoms with E-state index in [1.54, 1.807) is 12.1 Å². The van der Waals surface area contributed by atoms with Gasteiger partial charge in [-0.05, 0) is 37.1 Å². The van der Waals surface area contributed by atoms with Crippen molar-refractivity contribution >= 4 is 17.7 Å². The summed E-state index contributed by atoms with van der Waals surface area (Å²) >= 11 is 1.42. The molecule has 0 aliphatic heterocycles. The van der Waals surface area contributed by atoms with E-state index in [-0.39, 0.29) is 0 Å². The lowest BCUT2D eigenvalue weighted by molar-refractivity contribution is -0.139. The highest BCUT2D eigenvalue weighted by molar-refractivity contribution is 8.01. The molecule has 1 aliphatic rings. The quantitative estimate of drug-likeness (QED) is 0.891. The number of benzene rings is 1. The second kappa shape index (κ2) is 4.80. The maximum Gasteiger partial charge on any atom is 0.320 e. The fourth-order valence-corrected chi connectivity index (χ4v) is 3.43. The number of hydrogen-bond acceptors (Lipinski definition) is 3. The number of hydrogen-bond donors (Lipinski definition) is 1. The van der Waals surface area contributed by atoms with Crippen molar-refractivity contribution < 1.29 is 9.90 Å². The Bertz CT molecular complexity index is 455. The molecule has 0 spiro atoms. The van der Waals surface area contributed by atoms with E-state index in [9.17, 15) is 9.90 Å². The summed E-state index contributed by atoms with van der Waals surface area (Å²) in [5, 5.41) is 18.1. The van der Waals surface area contributed by atoms with Crippen molar-refractivity contribution in [2.45, 2.75) is 35.3 Å². The molecule has 1 saturated carbocycles. The predicted octanol–water partition coefficient (Wildman–Crippen LogP) is 3.05. The van der Waals surface area contributed by atoms with Crippen molar-refractivity contribution in [2.75, 3.05) is 0 Å². The molecule has 4 heteroatoms. The Morgan fingerprint density at radius 2 is 1.88 bits per heavy atom. The third-order valence-corrected chi connectivity index (χ3v) is 4.58. The number of carboxylic acid groups (broad SMARTS) is 1. The van der Waals surface area contributed by atoms with E-state index in [1.807, 2.05) is 12.1 Å². The summed E-state index contributed by atoms with van der Waals surface area (Å²) in [6, 6.07) is 9.16. The molecule has 1 aromatic rings. The molecular weight excluding hydrogens is 234 g/mol. The predicted molar refractivity (Wildman–Crippen MR) is 65.8 cm³/mol. The third kappa shape index (κ3) is 2.45. The zero-order valence-electron chi connectivity index (χ0n) is 9.35. The van der Waals surface area contributed by atoms with Crippen LogP contribution in [-0.2, 0) is 4.79 Å². The van der Waals surface area contributed by atoms with Gasteiger partial charge < -0.3 is 5.11 Å². The van der Waals surface area contributed by atoms with E-state index in [4.69, 9.17) is 5.26 Å². The maximum atomic E-state index is 11.4. The molecule has 88 valence electrons. The molecule has 0 saturated heterocycles. The van der Waals surface area contributed by atoms with E-state index >= 15 is 0 Å². The van der Waals surface area contributed by atoms with Crippen LogP contribution in [0.5, 0.6) is 0 Å². The Morgan fingerprint density at radius 3 is 2.35 bits per heavy atom. The van der Waals surface area contributed by atoms with Gasteiger partial charge >= 0.3 is 5.97 Å². The lowest BCUT2D eigenvalue weighted by Gasteiger charge is -2.22. The summed E-state index contributed by atoms with van der Waals surface area (Å²) in [5.74, 6) is -0.718. The fraction of sp³-hybridized carbons (Fsp3) is 0.385. The highest BCUT2D eigenvalue weighted by atomic mass is 32.2. The average Bonchev–Trinajstić information content (AvgIpc) is 2.80. The number of thioether (sulfide) groups is 1. The molecule has 3 nitrogen and oxygen atoms in total. The first-order valence-corrected chi connectivity index (χ1v) is 6.40. The molecule has 1 fully saturated rings. The molecule has 1 N–H and O–H groups in total. The van der Waals surface area contributed by atoms with Gasteiger partial charge in [0.15, 0.2) is 0 Å². The second-order valence-corrected chi connectivity index (χ2v) is 5.70. The zero-order chi connectivity index (χ0) is 12.3. The average molecular weight is 247 g/mol. The van der Waals surface area contributed by atoms with E-state index in [0.717, 1.165) is 30.6 Å². The summed E-state index contributed by atoms with van der Waals surface area (Å²) < 4.78 is -0.659. The van der Waals surface area contributed by atoms with E-state index < -0.39 is 10.7 Å². The SMILES string of the molecule is N#Cc1ccc(SC2(C(=O)O)CCCC2)cc1. The summed E-state index contributed by atoms with van der Waals surface area (Å²) in [4.78, 5) is 12.3. The standard InChI is InChI=1S/C13H13NO2S/c14-9-10-3-5-11(6-4-10)17-13(12(15)16)7-1-2-8-13/h3-6H,1-2,7-8H2,(H,15,16). The van der Waals surface area contributed by atoms with Gasteiger partial charge in [0.25, 0.3) is 0 Å². The Morgan fingerprint density at radius 1 is 1.29 bits per heavy atom. The van der Waals surface area contributed by atoms with E-state index in [0.29, 0.717) is 5.56 Å². The molecule has 0 atom stereocenters. The lowest BCUT2D eigenvalue weighted by Crippen LogP contribution is -2.31. The minimum Gasteiger partial charge on any atom is -0.480 e. The first-order valence-electron chi connectivity index (χ1n) is 5.59. The Hall–Kier alpha value is -1.47. The number of carbonyl (C=O) groups is 1. The van der Waals surface area contributed by atoms with Gasteiger partial charge in [0.1, 0.15) is 4.75 Å². The van der Waals surface area contributed by atoms with Gasteiger partial charge in [-0.15, -0.1) is 11.8 Å². The van der Waals surface area contributed by atoms with Crippen molar-refractivity contribution in [3.05, 3.63) is 29.8 Å². The van der Waals surface area contributed by atoms with Gasteiger partial charge in [0.2, 0.25) is 0 Å². The van der Waals surface area contributed by atoms with Crippen molar-refractivity contribution in [3.63, 3.8) is 0 Å². The molecule has 0 amide bonds. The summed E-state index contributed by atoms with van der Waals surface area (Å²) in [6.07, 6.45) is 3.42. The highest BCUT2D eigenvalue weighted by Crippen LogP contribution is 2.45. The van der Waals surface area contributed by atoms with Gasteiger partial charge in [-0.2, -0.15) is 5.26 Å². The molecule has 0 aromatic heterocycles. The van der Waals surface area contributed by atoms with Crippen LogP contribution >= 0.6 is 11.8 Å². The highest BCUT2D eigenvalue weighted by Gasteiger charge is 2.42. The summed E-state index contributed by atoms with van der Waals surface area (Å²) in [7, 11) is 0. The van der Waals surface area contributed by atoms with Crippen LogP contribution in [0.4, 0.5) is 0 Å². The van der Waals surface area contributed by atoms with Crippen LogP contribution in [0.1, 0.15) is 31.2 Å². The van der Waals surface area contributed by atoms with Crippen LogP contribution in [0.3, 0.4) is 0 Å². The molecule has 0 radical (unpaired) electrons. The molecule has 0 heterocycles. The second-order valence-electron chi connectivity index (χ2n) is 4.24. The number of nitrogens with zero attached hydrogens (tertiary/aromatic N) is 1. The van der Waals surface area contributed by atoms with Crippen LogP contribution < -0.4 is 0 Å². The van der Waals surface area contributed by atoms with Crippen molar-refractivity contribution in [1.82, 2.24) is 0 Å². The van der Waals surface area contributed by atoms with Crippen molar-refractivity contribution in [1.29, 1.82) is 5.26 Å². The Balaban J connectivity index is 2.18. The van der Waals surface area contributed by atoms with Crippen LogP contribution in [0.15, 0.2) is 29.2 Å². The van der Waals surface area contributed by atoms with Crippen LogP contribution in [0, 0.1) is 11.3 Å². The molecule has 1 aliphatic carbocycles. The monoisotopic (exact) mass is 247 g/mol. The largest absolute Gasteiger partial charge is 0.480 e. The maximum absolute atomic E-state index is 11.4. The van der Waals surface area contributed by atoms with Gasteiger partial charge in [-0.25, -0.2) is 0 Å².